The molecule has 6 heteroatoms. The van der Waals surface area contributed by atoms with Gasteiger partial charge in [-0.3, -0.25) is 4.79 Å². The first-order valence-electron chi connectivity index (χ1n) is 5.81. The van der Waals surface area contributed by atoms with Crippen LogP contribution in [0.25, 0.3) is 0 Å². The van der Waals surface area contributed by atoms with Gasteiger partial charge in [-0.2, -0.15) is 0 Å². The molecule has 104 valence electrons. The normalized spacial score (nSPS) is 10.1. The summed E-state index contributed by atoms with van der Waals surface area (Å²) >= 11 is 3.33. The Hall–Kier alpha value is -2.21. The van der Waals surface area contributed by atoms with Gasteiger partial charge in [-0.05, 0) is 30.3 Å². The summed E-state index contributed by atoms with van der Waals surface area (Å²) in [6.07, 6.45) is 0. The molecule has 0 saturated heterocycles. The number of nitrogens with one attached hydrogen (secondary N) is 1. The molecular weight excluding hydrogens is 322 g/mol. The molecule has 0 saturated carbocycles. The highest BCUT2D eigenvalue weighted by Gasteiger charge is 2.14. The van der Waals surface area contributed by atoms with Gasteiger partial charge in [0.2, 0.25) is 0 Å². The van der Waals surface area contributed by atoms with Gasteiger partial charge in [-0.15, -0.1) is 0 Å². The molecule has 0 aromatic heterocycles. The summed E-state index contributed by atoms with van der Waals surface area (Å²) in [6.45, 7) is 0. The maximum Gasteiger partial charge on any atom is 0.259 e. The number of benzene rings is 2. The minimum absolute atomic E-state index is 0.309. The molecule has 1 amide bonds. The Morgan fingerprint density at radius 2 is 1.75 bits per heavy atom. The highest BCUT2D eigenvalue weighted by molar-refractivity contribution is 9.10. The van der Waals surface area contributed by atoms with Crippen LogP contribution in [-0.4, -0.2) is 13.0 Å². The van der Waals surface area contributed by atoms with Crippen LogP contribution in [-0.2, 0) is 0 Å². The number of hydrogen-bond donors (Lipinski definition) is 3. The number of methoxy groups -OCH3 is 1. The Bertz CT molecular complexity index is 642. The van der Waals surface area contributed by atoms with Crippen molar-refractivity contribution in [2.75, 3.05) is 23.9 Å². The van der Waals surface area contributed by atoms with E-state index in [0.29, 0.717) is 28.4 Å². The van der Waals surface area contributed by atoms with Crippen LogP contribution in [0, 0.1) is 0 Å². The molecule has 2 aromatic carbocycles. The fourth-order valence-electron chi connectivity index (χ4n) is 1.69. The Morgan fingerprint density at radius 3 is 2.35 bits per heavy atom. The molecule has 0 aliphatic heterocycles. The average molecular weight is 336 g/mol. The van der Waals surface area contributed by atoms with Crippen LogP contribution in [0.3, 0.4) is 0 Å². The number of anilines is 3. The van der Waals surface area contributed by atoms with Crippen LogP contribution in [0.15, 0.2) is 40.9 Å². The summed E-state index contributed by atoms with van der Waals surface area (Å²) in [7, 11) is 1.47. The van der Waals surface area contributed by atoms with E-state index in [2.05, 4.69) is 21.2 Å². The minimum atomic E-state index is -0.309. The molecule has 2 rings (SSSR count). The molecule has 0 aliphatic carbocycles. The fourth-order valence-corrected chi connectivity index (χ4v) is 1.95. The van der Waals surface area contributed by atoms with E-state index in [-0.39, 0.29) is 5.91 Å². The van der Waals surface area contributed by atoms with E-state index in [9.17, 15) is 4.79 Å². The van der Waals surface area contributed by atoms with Gasteiger partial charge in [0.05, 0.1) is 24.0 Å². The zero-order valence-corrected chi connectivity index (χ0v) is 12.4. The zero-order chi connectivity index (χ0) is 14.7. The lowest BCUT2D eigenvalue weighted by Crippen LogP contribution is -2.14. The number of hydrogen-bond acceptors (Lipinski definition) is 4. The lowest BCUT2D eigenvalue weighted by atomic mass is 10.1. The largest absolute Gasteiger partial charge is 0.496 e. The topological polar surface area (TPSA) is 90.4 Å². The van der Waals surface area contributed by atoms with Gasteiger partial charge in [-0.25, -0.2) is 0 Å². The highest BCUT2D eigenvalue weighted by atomic mass is 79.9. The second kappa shape index (κ2) is 5.83. The fraction of sp³-hybridized carbons (Fsp3) is 0.0714. The van der Waals surface area contributed by atoms with Crippen molar-refractivity contribution < 1.29 is 9.53 Å². The highest BCUT2D eigenvalue weighted by Crippen LogP contribution is 2.28. The smallest absolute Gasteiger partial charge is 0.259 e. The second-order valence-corrected chi connectivity index (χ2v) is 5.06. The van der Waals surface area contributed by atoms with E-state index >= 15 is 0 Å². The van der Waals surface area contributed by atoms with E-state index < -0.39 is 0 Å². The summed E-state index contributed by atoms with van der Waals surface area (Å²) in [5, 5.41) is 2.77. The van der Waals surface area contributed by atoms with Crippen molar-refractivity contribution in [3.05, 3.63) is 46.4 Å². The van der Waals surface area contributed by atoms with Crippen molar-refractivity contribution in [1.82, 2.24) is 0 Å². The van der Waals surface area contributed by atoms with E-state index in [1.165, 1.54) is 19.2 Å². The first kappa shape index (κ1) is 14.2. The molecule has 2 aromatic rings. The van der Waals surface area contributed by atoms with Gasteiger partial charge in [0.15, 0.2) is 0 Å². The predicted molar refractivity (Wildman–Crippen MR) is 83.9 cm³/mol. The molecule has 0 atom stereocenters. The molecule has 0 aliphatic rings. The first-order valence-corrected chi connectivity index (χ1v) is 6.60. The van der Waals surface area contributed by atoms with Crippen molar-refractivity contribution >= 4 is 38.9 Å². The molecule has 5 N–H and O–H groups in total. The number of amides is 1. The van der Waals surface area contributed by atoms with E-state index in [1.54, 1.807) is 12.1 Å². The third-order valence-corrected chi connectivity index (χ3v) is 3.28. The number of rotatable bonds is 3. The maximum atomic E-state index is 12.2. The predicted octanol–water partition coefficient (Wildman–Crippen LogP) is 2.87. The molecule has 0 spiro atoms. The molecular formula is C14H14BrN3O2. The van der Waals surface area contributed by atoms with Crippen molar-refractivity contribution in [2.45, 2.75) is 0 Å². The Labute approximate surface area is 125 Å². The van der Waals surface area contributed by atoms with Gasteiger partial charge in [-0.1, -0.05) is 15.9 Å². The van der Waals surface area contributed by atoms with Gasteiger partial charge in [0.25, 0.3) is 5.91 Å². The Morgan fingerprint density at radius 1 is 1.15 bits per heavy atom. The van der Waals surface area contributed by atoms with Gasteiger partial charge in [0, 0.05) is 16.2 Å². The first-order chi connectivity index (χ1) is 9.51. The lowest BCUT2D eigenvalue weighted by Gasteiger charge is -2.11. The number of nitrogen functional groups attached to an aromatic ring is 2. The summed E-state index contributed by atoms with van der Waals surface area (Å²) in [5.41, 5.74) is 13.1. The molecule has 0 radical (unpaired) electrons. The molecule has 5 nitrogen and oxygen atoms in total. The summed E-state index contributed by atoms with van der Waals surface area (Å²) < 4.78 is 6.09. The van der Waals surface area contributed by atoms with Crippen LogP contribution in [0.5, 0.6) is 5.75 Å². The SMILES string of the molecule is COc1cc(N)c(N)cc1C(=O)Nc1ccc(Br)cc1. The third kappa shape index (κ3) is 3.03. The number of nitrogens with two attached hydrogens (primary N) is 2. The van der Waals surface area contributed by atoms with Crippen LogP contribution >= 0.6 is 15.9 Å². The maximum absolute atomic E-state index is 12.2. The number of ether oxygens (including phenoxy) is 1. The van der Waals surface area contributed by atoms with Crippen LogP contribution in [0.2, 0.25) is 0 Å². The Kier molecular flexibility index (Phi) is 4.14. The van der Waals surface area contributed by atoms with Crippen molar-refractivity contribution in [1.29, 1.82) is 0 Å². The molecule has 0 bridgehead atoms. The van der Waals surface area contributed by atoms with Crippen LogP contribution < -0.4 is 21.5 Å². The zero-order valence-electron chi connectivity index (χ0n) is 10.8. The van der Waals surface area contributed by atoms with E-state index in [0.717, 1.165) is 4.47 Å². The van der Waals surface area contributed by atoms with Gasteiger partial charge in [0.1, 0.15) is 5.75 Å². The summed E-state index contributed by atoms with van der Waals surface area (Å²) in [6, 6.07) is 10.3. The van der Waals surface area contributed by atoms with E-state index in [1.807, 2.05) is 12.1 Å². The van der Waals surface area contributed by atoms with Crippen LogP contribution in [0.1, 0.15) is 10.4 Å². The average Bonchev–Trinajstić information content (AvgIpc) is 2.43. The molecule has 0 heterocycles. The summed E-state index contributed by atoms with van der Waals surface area (Å²) in [4.78, 5) is 12.2. The third-order valence-electron chi connectivity index (χ3n) is 2.75. The molecule has 0 fully saturated rings. The second-order valence-electron chi connectivity index (χ2n) is 4.14. The van der Waals surface area contributed by atoms with E-state index in [4.69, 9.17) is 16.2 Å². The van der Waals surface area contributed by atoms with Crippen molar-refractivity contribution in [2.24, 2.45) is 0 Å². The lowest BCUT2D eigenvalue weighted by molar-refractivity contribution is 0.102. The van der Waals surface area contributed by atoms with Crippen molar-refractivity contribution in [3.8, 4) is 5.75 Å². The van der Waals surface area contributed by atoms with Crippen molar-refractivity contribution in [3.63, 3.8) is 0 Å². The minimum Gasteiger partial charge on any atom is -0.496 e. The quantitative estimate of drug-likeness (QED) is 0.752. The molecule has 0 unspecified atom stereocenters. The van der Waals surface area contributed by atoms with Gasteiger partial charge >= 0.3 is 0 Å². The van der Waals surface area contributed by atoms with Crippen LogP contribution in [0.4, 0.5) is 17.1 Å². The summed E-state index contributed by atoms with van der Waals surface area (Å²) in [5.74, 6) is 0.0715. The number of carbonyl (C=O) groups is 1. The monoisotopic (exact) mass is 335 g/mol. The Balaban J connectivity index is 2.29. The number of halogens is 1. The number of carbonyl (C=O) groups excluding carboxylic acids is 1. The standard InChI is InChI=1S/C14H14BrN3O2/c1-20-13-7-12(17)11(16)6-10(13)14(19)18-9-4-2-8(15)3-5-9/h2-7H,16-17H2,1H3,(H,18,19). The molecule has 20 heavy (non-hydrogen) atoms. The van der Waals surface area contributed by atoms with Gasteiger partial charge < -0.3 is 21.5 Å².